The number of hydrogen-bond donors (Lipinski definition) is 0. The number of rotatable bonds is 1. The molecule has 0 aromatic carbocycles. The van der Waals surface area contributed by atoms with E-state index >= 15 is 0 Å². The van der Waals surface area contributed by atoms with E-state index in [2.05, 4.69) is 9.47 Å². The van der Waals surface area contributed by atoms with Gasteiger partial charge in [-0.3, -0.25) is 4.68 Å². The molecule has 0 aliphatic rings. The first-order valence-corrected chi connectivity index (χ1v) is 5.01. The third-order valence-electron chi connectivity index (χ3n) is 1.94. The molecule has 0 radical (unpaired) electrons. The van der Waals surface area contributed by atoms with E-state index < -0.39 is 0 Å². The summed E-state index contributed by atoms with van der Waals surface area (Å²) < 4.78 is 5.94. The molecule has 5 heteroatoms. The zero-order valence-electron chi connectivity index (χ0n) is 7.28. The molecule has 0 atom stereocenters. The Hall–Kier alpha value is -0.870. The predicted octanol–water partition coefficient (Wildman–Crippen LogP) is 2.51. The van der Waals surface area contributed by atoms with Crippen LogP contribution in [0.5, 0.6) is 0 Å². The van der Waals surface area contributed by atoms with E-state index in [1.807, 2.05) is 25.4 Å². The predicted molar refractivity (Wildman–Crippen MR) is 54.1 cm³/mol. The van der Waals surface area contributed by atoms with Crippen molar-refractivity contribution in [1.82, 2.24) is 14.2 Å². The molecule has 2 aromatic rings. The molecule has 2 rings (SSSR count). The molecule has 0 saturated heterocycles. The minimum absolute atomic E-state index is 0.688. The summed E-state index contributed by atoms with van der Waals surface area (Å²) in [4.78, 5) is 0. The van der Waals surface area contributed by atoms with Gasteiger partial charge in [-0.05, 0) is 24.5 Å². The number of aromatic nitrogens is 3. The molecule has 0 amide bonds. The standard InChI is InChI=1S/C8H8ClN3S/c1-5-7(9)8(10-12(5)2)6-3-4-13-11-6/h3-4H,1-2H3. The summed E-state index contributed by atoms with van der Waals surface area (Å²) in [7, 11) is 1.87. The highest BCUT2D eigenvalue weighted by Gasteiger charge is 2.13. The van der Waals surface area contributed by atoms with E-state index in [-0.39, 0.29) is 0 Å². The molecule has 0 bridgehead atoms. The average molecular weight is 214 g/mol. The Morgan fingerprint density at radius 2 is 2.31 bits per heavy atom. The largest absolute Gasteiger partial charge is 0.271 e. The van der Waals surface area contributed by atoms with Gasteiger partial charge < -0.3 is 0 Å². The zero-order valence-corrected chi connectivity index (χ0v) is 8.85. The van der Waals surface area contributed by atoms with Gasteiger partial charge in [0.05, 0.1) is 10.7 Å². The fraction of sp³-hybridized carbons (Fsp3) is 0.250. The van der Waals surface area contributed by atoms with Crippen LogP contribution in [-0.4, -0.2) is 14.2 Å². The second-order valence-corrected chi connectivity index (χ2v) is 3.80. The van der Waals surface area contributed by atoms with Gasteiger partial charge in [-0.2, -0.15) is 9.47 Å². The third-order valence-corrected chi connectivity index (χ3v) is 2.95. The highest BCUT2D eigenvalue weighted by molar-refractivity contribution is 7.03. The second kappa shape index (κ2) is 3.12. The number of aryl methyl sites for hydroxylation is 1. The third kappa shape index (κ3) is 1.36. The lowest BCUT2D eigenvalue weighted by Gasteiger charge is -1.89. The van der Waals surface area contributed by atoms with Crippen LogP contribution in [0.4, 0.5) is 0 Å². The summed E-state index contributed by atoms with van der Waals surface area (Å²) in [6, 6.07) is 1.92. The molecule has 3 nitrogen and oxygen atoms in total. The van der Waals surface area contributed by atoms with Gasteiger partial charge in [-0.25, -0.2) is 0 Å². The van der Waals surface area contributed by atoms with Crippen LogP contribution in [0.3, 0.4) is 0 Å². The number of halogens is 1. The van der Waals surface area contributed by atoms with E-state index in [0.717, 1.165) is 17.1 Å². The van der Waals surface area contributed by atoms with Crippen molar-refractivity contribution < 1.29 is 0 Å². The summed E-state index contributed by atoms with van der Waals surface area (Å²) in [5.41, 5.74) is 2.58. The fourth-order valence-electron chi connectivity index (χ4n) is 1.08. The Morgan fingerprint density at radius 1 is 1.54 bits per heavy atom. The van der Waals surface area contributed by atoms with Crippen LogP contribution < -0.4 is 0 Å². The van der Waals surface area contributed by atoms with Crippen molar-refractivity contribution in [2.24, 2.45) is 7.05 Å². The van der Waals surface area contributed by atoms with Crippen LogP contribution >= 0.6 is 23.1 Å². The second-order valence-electron chi connectivity index (χ2n) is 2.76. The normalized spacial score (nSPS) is 10.7. The van der Waals surface area contributed by atoms with Crippen LogP contribution in [0.2, 0.25) is 5.02 Å². The summed E-state index contributed by atoms with van der Waals surface area (Å²) in [5.74, 6) is 0. The molecule has 0 aliphatic heterocycles. The van der Waals surface area contributed by atoms with E-state index in [1.165, 1.54) is 11.5 Å². The van der Waals surface area contributed by atoms with E-state index in [4.69, 9.17) is 11.6 Å². The summed E-state index contributed by atoms with van der Waals surface area (Å²) in [6.45, 7) is 1.94. The minimum Gasteiger partial charge on any atom is -0.271 e. The zero-order chi connectivity index (χ0) is 9.42. The van der Waals surface area contributed by atoms with Crippen LogP contribution in [0.25, 0.3) is 11.4 Å². The van der Waals surface area contributed by atoms with Gasteiger partial charge in [0, 0.05) is 12.4 Å². The Balaban J connectivity index is 2.59. The highest BCUT2D eigenvalue weighted by Crippen LogP contribution is 2.28. The van der Waals surface area contributed by atoms with Gasteiger partial charge >= 0.3 is 0 Å². The maximum atomic E-state index is 6.09. The molecule has 2 aromatic heterocycles. The van der Waals surface area contributed by atoms with Crippen molar-refractivity contribution in [3.8, 4) is 11.4 Å². The molecule has 0 aliphatic carbocycles. The first-order valence-electron chi connectivity index (χ1n) is 3.80. The highest BCUT2D eigenvalue weighted by atomic mass is 35.5. The van der Waals surface area contributed by atoms with Gasteiger partial charge in [0.15, 0.2) is 0 Å². The van der Waals surface area contributed by atoms with Crippen molar-refractivity contribution in [1.29, 1.82) is 0 Å². The van der Waals surface area contributed by atoms with Gasteiger partial charge in [-0.1, -0.05) is 11.6 Å². The number of hydrogen-bond acceptors (Lipinski definition) is 3. The monoisotopic (exact) mass is 213 g/mol. The van der Waals surface area contributed by atoms with Gasteiger partial charge in [-0.15, -0.1) is 0 Å². The quantitative estimate of drug-likeness (QED) is 0.729. The summed E-state index contributed by atoms with van der Waals surface area (Å²) in [5, 5.41) is 6.88. The molecule has 0 fully saturated rings. The molecule has 0 spiro atoms. The van der Waals surface area contributed by atoms with E-state index in [1.54, 1.807) is 4.68 Å². The van der Waals surface area contributed by atoms with Crippen molar-refractivity contribution in [3.05, 3.63) is 22.2 Å². The molecule has 0 N–H and O–H groups in total. The van der Waals surface area contributed by atoms with Crippen molar-refractivity contribution in [2.75, 3.05) is 0 Å². The lowest BCUT2D eigenvalue weighted by Crippen LogP contribution is -1.92. The van der Waals surface area contributed by atoms with Gasteiger partial charge in [0.1, 0.15) is 11.4 Å². The Morgan fingerprint density at radius 3 is 2.77 bits per heavy atom. The van der Waals surface area contributed by atoms with E-state index in [0.29, 0.717) is 5.02 Å². The Labute approximate surface area is 85.1 Å². The lowest BCUT2D eigenvalue weighted by molar-refractivity contribution is 0.742. The van der Waals surface area contributed by atoms with Crippen LogP contribution in [0, 0.1) is 6.92 Å². The van der Waals surface area contributed by atoms with Crippen LogP contribution in [0.15, 0.2) is 11.4 Å². The molecule has 0 saturated carbocycles. The average Bonchev–Trinajstić information content (AvgIpc) is 2.70. The molecular formula is C8H8ClN3S. The van der Waals surface area contributed by atoms with Crippen LogP contribution in [0.1, 0.15) is 5.69 Å². The lowest BCUT2D eigenvalue weighted by atomic mass is 10.3. The molecule has 0 unspecified atom stereocenters. The maximum Gasteiger partial charge on any atom is 0.131 e. The first kappa shape index (κ1) is 8.72. The molecular weight excluding hydrogens is 206 g/mol. The smallest absolute Gasteiger partial charge is 0.131 e. The molecule has 68 valence electrons. The summed E-state index contributed by atoms with van der Waals surface area (Å²) >= 11 is 7.49. The topological polar surface area (TPSA) is 30.7 Å². The SMILES string of the molecule is Cc1c(Cl)c(-c2ccsn2)nn1C. The summed E-state index contributed by atoms with van der Waals surface area (Å²) in [6.07, 6.45) is 0. The maximum absolute atomic E-state index is 6.09. The first-order chi connectivity index (χ1) is 6.20. The Kier molecular flexibility index (Phi) is 2.09. The van der Waals surface area contributed by atoms with Crippen molar-refractivity contribution >= 4 is 23.1 Å². The van der Waals surface area contributed by atoms with Crippen molar-refractivity contribution in [3.63, 3.8) is 0 Å². The van der Waals surface area contributed by atoms with Gasteiger partial charge in [0.25, 0.3) is 0 Å². The molecule has 13 heavy (non-hydrogen) atoms. The molecule has 2 heterocycles. The minimum atomic E-state index is 0.688. The number of nitrogens with zero attached hydrogens (tertiary/aromatic N) is 3. The fourth-order valence-corrected chi connectivity index (χ4v) is 1.85. The van der Waals surface area contributed by atoms with E-state index in [9.17, 15) is 0 Å². The van der Waals surface area contributed by atoms with Crippen molar-refractivity contribution in [2.45, 2.75) is 6.92 Å². The van der Waals surface area contributed by atoms with Gasteiger partial charge in [0.2, 0.25) is 0 Å². The Bertz CT molecular complexity index is 419. The van der Waals surface area contributed by atoms with Crippen LogP contribution in [-0.2, 0) is 7.05 Å².